The molecule has 0 saturated carbocycles. The minimum Gasteiger partial charge on any atom is -0.507 e. The van der Waals surface area contributed by atoms with Gasteiger partial charge in [-0.15, -0.1) is 0 Å². The third-order valence-electron chi connectivity index (χ3n) is 5.36. The molecule has 0 spiro atoms. The molecule has 3 aromatic carbocycles. The highest BCUT2D eigenvalue weighted by atomic mass is 32.2. The van der Waals surface area contributed by atoms with Crippen LogP contribution in [0.1, 0.15) is 36.5 Å². The number of ketones is 1. The van der Waals surface area contributed by atoms with Crippen LogP contribution in [0.15, 0.2) is 53.4 Å². The first-order valence-electron chi connectivity index (χ1n) is 10.8. The topological polar surface area (TPSA) is 110 Å². The minimum absolute atomic E-state index is 0.0639. The van der Waals surface area contributed by atoms with Crippen LogP contribution in [0.3, 0.4) is 0 Å². The van der Waals surface area contributed by atoms with Crippen molar-refractivity contribution in [2.75, 3.05) is 4.72 Å². The average Bonchev–Trinajstić information content (AvgIpc) is 2.77. The maximum absolute atomic E-state index is 13.5. The van der Waals surface area contributed by atoms with Crippen molar-refractivity contribution in [1.82, 2.24) is 0 Å². The maximum Gasteiger partial charge on any atom is 0.451 e. The molecule has 2 N–H and O–H groups in total. The summed E-state index contributed by atoms with van der Waals surface area (Å²) in [7, 11) is -4.26. The molecular formula is C25H24F3NO6S. The summed E-state index contributed by atoms with van der Waals surface area (Å²) in [5.74, 6) is -7.33. The number of aromatic hydroxyl groups is 1. The number of anilines is 1. The summed E-state index contributed by atoms with van der Waals surface area (Å²) in [6.45, 7) is 6.04. The number of fused-ring (bicyclic) bond motifs is 1. The number of Topliss-reactive ketones (excluding diaryl/α,β-unsaturated/α-hetero) is 1. The van der Waals surface area contributed by atoms with Gasteiger partial charge in [-0.1, -0.05) is 36.4 Å². The molecule has 0 heterocycles. The molecule has 0 aliphatic rings. The lowest BCUT2D eigenvalue weighted by Gasteiger charge is -2.22. The Morgan fingerprint density at radius 2 is 1.61 bits per heavy atom. The fourth-order valence-corrected chi connectivity index (χ4v) is 5.12. The number of rotatable bonds is 7. The second-order valence-electron chi connectivity index (χ2n) is 8.56. The van der Waals surface area contributed by atoms with Crippen LogP contribution < -0.4 is 4.72 Å². The normalized spacial score (nSPS) is 13.0. The van der Waals surface area contributed by atoms with Crippen LogP contribution >= 0.6 is 0 Å². The van der Waals surface area contributed by atoms with E-state index in [0.717, 1.165) is 6.07 Å². The van der Waals surface area contributed by atoms with Gasteiger partial charge in [0.15, 0.2) is 5.92 Å². The zero-order chi connectivity index (χ0) is 27.0. The lowest BCUT2D eigenvalue weighted by molar-refractivity contribution is -0.178. The van der Waals surface area contributed by atoms with Gasteiger partial charge in [-0.05, 0) is 51.0 Å². The van der Waals surface area contributed by atoms with Crippen molar-refractivity contribution in [2.24, 2.45) is 0 Å². The number of phenolic OH excluding ortho intramolecular Hbond substituents is 1. The molecule has 0 aliphatic heterocycles. The highest BCUT2D eigenvalue weighted by Crippen LogP contribution is 2.42. The largest absolute Gasteiger partial charge is 0.507 e. The van der Waals surface area contributed by atoms with Gasteiger partial charge >= 0.3 is 12.1 Å². The first-order chi connectivity index (χ1) is 16.6. The second kappa shape index (κ2) is 9.81. The van der Waals surface area contributed by atoms with E-state index in [9.17, 15) is 36.3 Å². The summed E-state index contributed by atoms with van der Waals surface area (Å²) in [5.41, 5.74) is 0.114. The summed E-state index contributed by atoms with van der Waals surface area (Å²) >= 11 is 0. The monoisotopic (exact) mass is 523 g/mol. The number of hydrogen-bond acceptors (Lipinski definition) is 6. The second-order valence-corrected chi connectivity index (χ2v) is 10.2. The van der Waals surface area contributed by atoms with Crippen LogP contribution in [-0.2, 0) is 24.3 Å². The Labute approximate surface area is 205 Å². The van der Waals surface area contributed by atoms with Crippen LogP contribution in [0.4, 0.5) is 18.9 Å². The Morgan fingerprint density at radius 3 is 2.19 bits per heavy atom. The number of ether oxygens (including phenoxy) is 1. The molecule has 0 bridgehead atoms. The number of benzene rings is 3. The Kier molecular flexibility index (Phi) is 7.35. The number of carbonyl (C=O) groups excluding carboxylic acids is 2. The van der Waals surface area contributed by atoms with Gasteiger partial charge < -0.3 is 9.84 Å². The number of nitrogens with one attached hydrogen (secondary N) is 1. The first-order valence-corrected chi connectivity index (χ1v) is 12.3. The highest BCUT2D eigenvalue weighted by Gasteiger charge is 2.49. The molecule has 3 aromatic rings. The van der Waals surface area contributed by atoms with Crippen molar-refractivity contribution in [3.8, 4) is 5.75 Å². The quantitative estimate of drug-likeness (QED) is 0.252. The Morgan fingerprint density at radius 1 is 1.00 bits per heavy atom. The molecular weight excluding hydrogens is 499 g/mol. The van der Waals surface area contributed by atoms with Crippen molar-refractivity contribution in [2.45, 2.75) is 50.8 Å². The molecule has 3 rings (SSSR count). The number of carbonyl (C=O) groups is 2. The number of sulfonamides is 1. The molecule has 7 nitrogen and oxygen atoms in total. The fraction of sp³-hybridized carbons (Fsp3) is 0.280. The highest BCUT2D eigenvalue weighted by molar-refractivity contribution is 7.92. The summed E-state index contributed by atoms with van der Waals surface area (Å²) in [6, 6.07) is 11.4. The van der Waals surface area contributed by atoms with Crippen LogP contribution in [-0.4, -0.2) is 37.6 Å². The van der Waals surface area contributed by atoms with E-state index in [0.29, 0.717) is 11.1 Å². The van der Waals surface area contributed by atoms with Gasteiger partial charge in [-0.3, -0.25) is 14.3 Å². The van der Waals surface area contributed by atoms with E-state index < -0.39 is 51.3 Å². The van der Waals surface area contributed by atoms with E-state index in [2.05, 4.69) is 4.72 Å². The van der Waals surface area contributed by atoms with Crippen molar-refractivity contribution in [3.63, 3.8) is 0 Å². The molecule has 1 unspecified atom stereocenters. The summed E-state index contributed by atoms with van der Waals surface area (Å²) < 4.78 is 74.1. The minimum atomic E-state index is -5.43. The van der Waals surface area contributed by atoms with Crippen molar-refractivity contribution >= 4 is 38.2 Å². The molecule has 0 saturated heterocycles. The van der Waals surface area contributed by atoms with Crippen LogP contribution in [0.2, 0.25) is 0 Å². The van der Waals surface area contributed by atoms with E-state index in [4.69, 9.17) is 4.74 Å². The van der Waals surface area contributed by atoms with Gasteiger partial charge in [0.2, 0.25) is 0 Å². The molecule has 192 valence electrons. The number of alkyl halides is 3. The molecule has 0 fully saturated rings. The third-order valence-corrected chi connectivity index (χ3v) is 6.87. The van der Waals surface area contributed by atoms with Gasteiger partial charge in [-0.25, -0.2) is 8.42 Å². The lowest BCUT2D eigenvalue weighted by atomic mass is 9.90. The Balaban J connectivity index is 2.28. The number of halogens is 3. The SMILES string of the molecule is Cc1ccc(C)c(S(=O)(=O)Nc2cc(C(C(=O)OC(C)C)C(=O)C(F)(F)F)c(O)c3ccccc23)c1. The predicted molar refractivity (Wildman–Crippen MR) is 127 cm³/mol. The van der Waals surface area contributed by atoms with Crippen molar-refractivity contribution in [3.05, 3.63) is 65.2 Å². The number of aryl methyl sites for hydroxylation is 2. The Hall–Kier alpha value is -3.60. The number of phenols is 1. The van der Waals surface area contributed by atoms with E-state index in [1.165, 1.54) is 44.2 Å². The molecule has 11 heteroatoms. The van der Waals surface area contributed by atoms with E-state index in [1.807, 2.05) is 0 Å². The van der Waals surface area contributed by atoms with Gasteiger partial charge in [0, 0.05) is 16.3 Å². The van der Waals surface area contributed by atoms with Gasteiger partial charge in [-0.2, -0.15) is 13.2 Å². The van der Waals surface area contributed by atoms with Crippen molar-refractivity contribution < 1.29 is 41.0 Å². The van der Waals surface area contributed by atoms with Crippen LogP contribution in [0.5, 0.6) is 5.75 Å². The average molecular weight is 524 g/mol. The lowest BCUT2D eigenvalue weighted by Crippen LogP contribution is -2.35. The molecule has 0 aromatic heterocycles. The molecule has 0 aliphatic carbocycles. The number of hydrogen-bond donors (Lipinski definition) is 2. The number of esters is 1. The van der Waals surface area contributed by atoms with Crippen LogP contribution in [0, 0.1) is 13.8 Å². The standard InChI is InChI=1S/C25H24F3NO6S/c1-13(2)35-24(32)21(23(31)25(26,27)28)18-12-19(16-7-5-6-8-17(16)22(18)30)29-36(33,34)20-11-14(3)9-10-15(20)4/h5-13,21,29-30H,1-4H3. The molecule has 0 radical (unpaired) electrons. The summed E-state index contributed by atoms with van der Waals surface area (Å²) in [6.07, 6.45) is -6.29. The van der Waals surface area contributed by atoms with E-state index >= 15 is 0 Å². The smallest absolute Gasteiger partial charge is 0.451 e. The van der Waals surface area contributed by atoms with E-state index in [1.54, 1.807) is 26.0 Å². The maximum atomic E-state index is 13.5. The first kappa shape index (κ1) is 27.0. The molecule has 1 atom stereocenters. The zero-order valence-corrected chi connectivity index (χ0v) is 20.6. The van der Waals surface area contributed by atoms with E-state index in [-0.39, 0.29) is 21.4 Å². The Bertz CT molecular complexity index is 1450. The summed E-state index contributed by atoms with van der Waals surface area (Å²) in [5, 5.41) is 10.9. The van der Waals surface area contributed by atoms with Gasteiger partial charge in [0.25, 0.3) is 15.8 Å². The summed E-state index contributed by atoms with van der Waals surface area (Å²) in [4.78, 5) is 24.9. The van der Waals surface area contributed by atoms with Crippen molar-refractivity contribution in [1.29, 1.82) is 0 Å². The molecule has 36 heavy (non-hydrogen) atoms. The third kappa shape index (κ3) is 5.46. The van der Waals surface area contributed by atoms with Crippen LogP contribution in [0.25, 0.3) is 10.8 Å². The zero-order valence-electron chi connectivity index (χ0n) is 19.8. The predicted octanol–water partition coefficient (Wildman–Crippen LogP) is 5.13. The fourth-order valence-electron chi connectivity index (χ4n) is 3.72. The van der Waals surface area contributed by atoms with Gasteiger partial charge in [0.05, 0.1) is 16.7 Å². The molecule has 0 amide bonds. The van der Waals surface area contributed by atoms with Gasteiger partial charge in [0.1, 0.15) is 5.75 Å².